The number of benzene rings is 1. The van der Waals surface area contributed by atoms with Crippen molar-refractivity contribution in [2.24, 2.45) is 7.05 Å². The molecule has 0 atom stereocenters. The molecule has 1 N–H and O–H groups in total. The zero-order chi connectivity index (χ0) is 20.2. The monoisotopic (exact) mass is 428 g/mol. The third-order valence-electron chi connectivity index (χ3n) is 5.12. The van der Waals surface area contributed by atoms with Gasteiger partial charge in [-0.3, -0.25) is 10.1 Å². The number of carbonyl (C=O) groups is 1. The number of hydrogen-bond acceptors (Lipinski definition) is 7. The lowest BCUT2D eigenvalue weighted by atomic mass is 9.90. The third kappa shape index (κ3) is 4.84. The first-order valence-corrected chi connectivity index (χ1v) is 11.6. The summed E-state index contributed by atoms with van der Waals surface area (Å²) in [6.45, 7) is 2.05. The van der Waals surface area contributed by atoms with Crippen LogP contribution in [0.4, 0.5) is 5.13 Å². The molecule has 0 aliphatic heterocycles. The number of amides is 1. The second kappa shape index (κ2) is 9.04. The van der Waals surface area contributed by atoms with Gasteiger partial charge in [-0.25, -0.2) is 0 Å². The van der Waals surface area contributed by atoms with Gasteiger partial charge in [-0.05, 0) is 19.8 Å². The average Bonchev–Trinajstić information content (AvgIpc) is 3.35. The summed E-state index contributed by atoms with van der Waals surface area (Å²) in [5.74, 6) is 1.42. The van der Waals surface area contributed by atoms with E-state index in [1.165, 1.54) is 60.8 Å². The molecule has 3 aromatic rings. The van der Waals surface area contributed by atoms with Crippen molar-refractivity contribution >= 4 is 34.1 Å². The summed E-state index contributed by atoms with van der Waals surface area (Å²) in [5.41, 5.74) is 2.21. The van der Waals surface area contributed by atoms with Crippen LogP contribution in [0.2, 0.25) is 0 Å². The molecule has 2 aromatic heterocycles. The summed E-state index contributed by atoms with van der Waals surface area (Å²) in [6, 6.07) is 8.15. The van der Waals surface area contributed by atoms with Gasteiger partial charge in [0, 0.05) is 18.5 Å². The van der Waals surface area contributed by atoms with Crippen molar-refractivity contribution in [2.75, 3.05) is 11.1 Å². The second-order valence-corrected chi connectivity index (χ2v) is 9.30. The summed E-state index contributed by atoms with van der Waals surface area (Å²) >= 11 is 2.86. The molecule has 7 nitrogen and oxygen atoms in total. The Balaban J connectivity index is 1.33. The number of nitrogens with one attached hydrogen (secondary N) is 1. The van der Waals surface area contributed by atoms with E-state index in [9.17, 15) is 4.79 Å². The van der Waals surface area contributed by atoms with Gasteiger partial charge in [0.15, 0.2) is 11.0 Å². The normalized spacial score (nSPS) is 14.8. The zero-order valence-corrected chi connectivity index (χ0v) is 18.2. The summed E-state index contributed by atoms with van der Waals surface area (Å²) < 4.78 is 1.91. The Morgan fingerprint density at radius 3 is 2.66 bits per heavy atom. The van der Waals surface area contributed by atoms with E-state index in [-0.39, 0.29) is 11.7 Å². The van der Waals surface area contributed by atoms with Crippen LogP contribution in [0.3, 0.4) is 0 Å². The van der Waals surface area contributed by atoms with Crippen LogP contribution in [0.15, 0.2) is 29.4 Å². The highest BCUT2D eigenvalue weighted by atomic mass is 32.2. The molecule has 1 amide bonds. The number of carbonyl (C=O) groups excluding carboxylic acids is 1. The molecule has 1 fully saturated rings. The Kier molecular flexibility index (Phi) is 6.25. The van der Waals surface area contributed by atoms with E-state index in [2.05, 4.69) is 32.6 Å². The number of nitrogens with zero attached hydrogens (tertiary/aromatic N) is 5. The maximum Gasteiger partial charge on any atom is 0.236 e. The van der Waals surface area contributed by atoms with E-state index >= 15 is 0 Å². The van der Waals surface area contributed by atoms with Crippen molar-refractivity contribution < 1.29 is 4.79 Å². The smallest absolute Gasteiger partial charge is 0.236 e. The van der Waals surface area contributed by atoms with Crippen LogP contribution in [0.5, 0.6) is 0 Å². The molecule has 0 radical (unpaired) electrons. The van der Waals surface area contributed by atoms with Crippen LogP contribution < -0.4 is 5.32 Å². The summed E-state index contributed by atoms with van der Waals surface area (Å²) in [6.07, 6.45) is 6.17. The SMILES string of the molecule is Cc1ccc(-c2nnc(SCC(=O)Nc3nnc(C4CCCCC4)s3)n2C)cc1. The van der Waals surface area contributed by atoms with E-state index in [0.717, 1.165) is 16.4 Å². The van der Waals surface area contributed by atoms with Gasteiger partial charge in [0.05, 0.1) is 5.75 Å². The molecule has 0 bridgehead atoms. The molecule has 29 heavy (non-hydrogen) atoms. The minimum atomic E-state index is -0.110. The third-order valence-corrected chi connectivity index (χ3v) is 7.14. The second-order valence-electron chi connectivity index (χ2n) is 7.35. The highest BCUT2D eigenvalue weighted by molar-refractivity contribution is 7.99. The molecule has 9 heteroatoms. The first-order valence-electron chi connectivity index (χ1n) is 9.82. The lowest BCUT2D eigenvalue weighted by Crippen LogP contribution is -2.14. The van der Waals surface area contributed by atoms with Crippen LogP contribution in [0.25, 0.3) is 11.4 Å². The van der Waals surface area contributed by atoms with Crippen molar-refractivity contribution in [1.29, 1.82) is 0 Å². The molecule has 1 aromatic carbocycles. The van der Waals surface area contributed by atoms with Crippen LogP contribution in [-0.4, -0.2) is 36.6 Å². The summed E-state index contributed by atoms with van der Waals surface area (Å²) in [7, 11) is 1.91. The predicted molar refractivity (Wildman–Crippen MR) is 116 cm³/mol. The number of aromatic nitrogens is 5. The maximum atomic E-state index is 12.3. The Morgan fingerprint density at radius 1 is 1.14 bits per heavy atom. The highest BCUT2D eigenvalue weighted by Crippen LogP contribution is 2.35. The molecule has 2 heterocycles. The first-order chi connectivity index (χ1) is 14.1. The number of anilines is 1. The quantitative estimate of drug-likeness (QED) is 0.585. The predicted octanol–water partition coefficient (Wildman–Crippen LogP) is 4.42. The van der Waals surface area contributed by atoms with Gasteiger partial charge in [-0.1, -0.05) is 72.2 Å². The largest absolute Gasteiger partial charge is 0.305 e. The molecule has 1 aliphatic carbocycles. The Hall–Kier alpha value is -2.26. The van der Waals surface area contributed by atoms with Crippen molar-refractivity contribution in [3.63, 3.8) is 0 Å². The van der Waals surface area contributed by atoms with Gasteiger partial charge in [-0.15, -0.1) is 20.4 Å². The van der Waals surface area contributed by atoms with Crippen LogP contribution in [-0.2, 0) is 11.8 Å². The molecule has 1 saturated carbocycles. The fraction of sp³-hybridized carbons (Fsp3) is 0.450. The fourth-order valence-corrected chi connectivity index (χ4v) is 5.12. The van der Waals surface area contributed by atoms with Gasteiger partial charge < -0.3 is 4.57 Å². The van der Waals surface area contributed by atoms with Gasteiger partial charge in [0.1, 0.15) is 5.01 Å². The maximum absolute atomic E-state index is 12.3. The van der Waals surface area contributed by atoms with E-state index in [4.69, 9.17) is 0 Å². The number of hydrogen-bond donors (Lipinski definition) is 1. The van der Waals surface area contributed by atoms with Crippen molar-refractivity contribution in [3.05, 3.63) is 34.8 Å². The number of thioether (sulfide) groups is 1. The fourth-order valence-electron chi connectivity index (χ4n) is 3.48. The molecule has 1 aliphatic rings. The molecular weight excluding hydrogens is 404 g/mol. The molecule has 0 unspecified atom stereocenters. The lowest BCUT2D eigenvalue weighted by molar-refractivity contribution is -0.113. The lowest BCUT2D eigenvalue weighted by Gasteiger charge is -2.18. The Morgan fingerprint density at radius 2 is 1.90 bits per heavy atom. The number of rotatable bonds is 6. The van der Waals surface area contributed by atoms with Crippen molar-refractivity contribution in [2.45, 2.75) is 50.1 Å². The number of aryl methyl sites for hydroxylation is 1. The van der Waals surface area contributed by atoms with Crippen LogP contribution in [0, 0.1) is 6.92 Å². The van der Waals surface area contributed by atoms with Gasteiger partial charge in [0.25, 0.3) is 0 Å². The topological polar surface area (TPSA) is 85.6 Å². The molecule has 4 rings (SSSR count). The summed E-state index contributed by atoms with van der Waals surface area (Å²) in [5, 5.41) is 22.1. The van der Waals surface area contributed by atoms with Gasteiger partial charge in [0.2, 0.25) is 11.0 Å². The van der Waals surface area contributed by atoms with Crippen molar-refractivity contribution in [1.82, 2.24) is 25.0 Å². The van der Waals surface area contributed by atoms with Crippen LogP contribution >= 0.6 is 23.1 Å². The van der Waals surface area contributed by atoms with E-state index in [1.54, 1.807) is 0 Å². The summed E-state index contributed by atoms with van der Waals surface area (Å²) in [4.78, 5) is 12.3. The molecule has 0 spiro atoms. The molecule has 0 saturated heterocycles. The minimum Gasteiger partial charge on any atom is -0.305 e. The minimum absolute atomic E-state index is 0.110. The van der Waals surface area contributed by atoms with E-state index in [0.29, 0.717) is 16.2 Å². The van der Waals surface area contributed by atoms with Gasteiger partial charge in [-0.2, -0.15) is 0 Å². The standard InChI is InChI=1S/C20H24N6OS2/c1-13-8-10-14(11-9-13)17-22-25-20(26(17)2)28-12-16(27)21-19-24-23-18(29-19)15-6-4-3-5-7-15/h8-11,15H,3-7,12H2,1-2H3,(H,21,24,27). The van der Waals surface area contributed by atoms with E-state index < -0.39 is 0 Å². The molecule has 152 valence electrons. The Bertz CT molecular complexity index is 975. The Labute approximate surface area is 178 Å². The highest BCUT2D eigenvalue weighted by Gasteiger charge is 2.20. The zero-order valence-electron chi connectivity index (χ0n) is 16.6. The van der Waals surface area contributed by atoms with Crippen molar-refractivity contribution in [3.8, 4) is 11.4 Å². The van der Waals surface area contributed by atoms with Gasteiger partial charge >= 0.3 is 0 Å². The first kappa shape index (κ1) is 20.0. The van der Waals surface area contributed by atoms with Crippen LogP contribution in [0.1, 0.15) is 48.6 Å². The molecular formula is C20H24N6OS2. The van der Waals surface area contributed by atoms with E-state index in [1.807, 2.05) is 35.9 Å². The average molecular weight is 429 g/mol.